The van der Waals surface area contributed by atoms with Crippen molar-refractivity contribution in [1.82, 2.24) is 9.80 Å². The molecule has 9 heteroatoms. The molecule has 244 valence electrons. The molecule has 1 unspecified atom stereocenters. The molecule has 3 amide bonds. The standard InChI is InChI=1S/C37H46N4O4S/c1-5-21-39-22-11-19-36(4)30(33(39)43)31-34(44)41(29(25-42)24-26-13-9-8-10-14-26)32-35(45)40(23-12-20-37(31,32)46-36)28-17-15-27(16-18-28)38(6-2)7-3/h8-20,29-32,42H,5-7,21-25H2,1-4H3/t29-,30+,31+,32?,36-,37+/m1/s1. The van der Waals surface area contributed by atoms with E-state index >= 15 is 4.79 Å². The molecule has 0 aliphatic carbocycles. The second-order valence-electron chi connectivity index (χ2n) is 13.0. The molecule has 8 nitrogen and oxygen atoms in total. The van der Waals surface area contributed by atoms with E-state index in [2.05, 4.69) is 37.8 Å². The predicted octanol–water partition coefficient (Wildman–Crippen LogP) is 4.54. The smallest absolute Gasteiger partial charge is 0.251 e. The first kappa shape index (κ1) is 32.4. The maximum atomic E-state index is 15.0. The summed E-state index contributed by atoms with van der Waals surface area (Å²) in [4.78, 5) is 51.8. The third kappa shape index (κ3) is 5.25. The van der Waals surface area contributed by atoms with Crippen LogP contribution in [0.25, 0.3) is 0 Å². The van der Waals surface area contributed by atoms with Gasteiger partial charge in [0.15, 0.2) is 0 Å². The number of anilines is 2. The van der Waals surface area contributed by atoms with Crippen LogP contribution in [0, 0.1) is 11.8 Å². The molecule has 0 bridgehead atoms. The Hall–Kier alpha value is -3.56. The van der Waals surface area contributed by atoms with Gasteiger partial charge in [0.25, 0.3) is 5.91 Å². The Morgan fingerprint density at radius 1 is 0.891 bits per heavy atom. The maximum absolute atomic E-state index is 15.0. The van der Waals surface area contributed by atoms with Crippen molar-refractivity contribution in [2.24, 2.45) is 11.8 Å². The molecule has 4 aliphatic rings. The molecule has 6 rings (SSSR count). The fourth-order valence-corrected chi connectivity index (χ4v) is 10.3. The molecular weight excluding hydrogens is 596 g/mol. The number of carbonyl (C=O) groups is 3. The molecule has 1 spiro atoms. The van der Waals surface area contributed by atoms with Crippen LogP contribution >= 0.6 is 11.8 Å². The van der Waals surface area contributed by atoms with Crippen molar-refractivity contribution < 1.29 is 19.5 Å². The normalized spacial score (nSPS) is 29.4. The molecule has 2 fully saturated rings. The van der Waals surface area contributed by atoms with Gasteiger partial charge in [0.1, 0.15) is 6.04 Å². The Morgan fingerprint density at radius 3 is 2.24 bits per heavy atom. The zero-order chi connectivity index (χ0) is 32.6. The van der Waals surface area contributed by atoms with Crippen LogP contribution < -0.4 is 9.80 Å². The summed E-state index contributed by atoms with van der Waals surface area (Å²) in [6.45, 7) is 11.3. The number of thioether (sulfide) groups is 1. The van der Waals surface area contributed by atoms with Crippen molar-refractivity contribution in [2.75, 3.05) is 49.1 Å². The first-order valence-electron chi connectivity index (χ1n) is 16.7. The monoisotopic (exact) mass is 642 g/mol. The highest BCUT2D eigenvalue weighted by atomic mass is 32.2. The van der Waals surface area contributed by atoms with Gasteiger partial charge in [0, 0.05) is 48.8 Å². The average Bonchev–Trinajstić information content (AvgIpc) is 3.34. The van der Waals surface area contributed by atoms with E-state index in [1.165, 1.54) is 0 Å². The number of hydrogen-bond donors (Lipinski definition) is 1. The zero-order valence-corrected chi connectivity index (χ0v) is 28.2. The lowest BCUT2D eigenvalue weighted by Crippen LogP contribution is -2.57. The molecule has 0 aromatic heterocycles. The Kier molecular flexibility index (Phi) is 9.09. The minimum absolute atomic E-state index is 0.0322. The van der Waals surface area contributed by atoms with Gasteiger partial charge in [-0.25, -0.2) is 0 Å². The predicted molar refractivity (Wildman–Crippen MR) is 185 cm³/mol. The molecule has 0 saturated carbocycles. The van der Waals surface area contributed by atoms with E-state index < -0.39 is 33.4 Å². The number of benzene rings is 2. The molecule has 46 heavy (non-hydrogen) atoms. The Balaban J connectivity index is 1.46. The lowest BCUT2D eigenvalue weighted by molar-refractivity contribution is -0.145. The molecule has 2 aromatic carbocycles. The fourth-order valence-electron chi connectivity index (χ4n) is 8.18. The number of aliphatic hydroxyl groups is 1. The number of rotatable bonds is 10. The first-order chi connectivity index (χ1) is 22.2. The number of aliphatic hydroxyl groups excluding tert-OH is 1. The third-order valence-corrected chi connectivity index (χ3v) is 12.1. The van der Waals surface area contributed by atoms with Crippen LogP contribution in [0.5, 0.6) is 0 Å². The van der Waals surface area contributed by atoms with Crippen molar-refractivity contribution >= 4 is 40.9 Å². The van der Waals surface area contributed by atoms with Gasteiger partial charge in [0.2, 0.25) is 11.8 Å². The SMILES string of the molecule is CCCN1CC=C[C@@]2(C)S[C@]34C=CCN(c5ccc(N(CC)CC)cc5)C(=O)C3N([C@@H](CO)Cc3ccccc3)C(=O)[C@@H]4[C@H]2C1=O. The molecule has 4 heterocycles. The van der Waals surface area contributed by atoms with Gasteiger partial charge in [-0.1, -0.05) is 61.6 Å². The Bertz CT molecular complexity index is 1510. The summed E-state index contributed by atoms with van der Waals surface area (Å²) in [5.74, 6) is -1.81. The lowest BCUT2D eigenvalue weighted by Gasteiger charge is -2.40. The van der Waals surface area contributed by atoms with E-state index in [0.29, 0.717) is 26.1 Å². The van der Waals surface area contributed by atoms with Gasteiger partial charge in [-0.3, -0.25) is 14.4 Å². The molecule has 6 atom stereocenters. The summed E-state index contributed by atoms with van der Waals surface area (Å²) in [6, 6.07) is 16.3. The summed E-state index contributed by atoms with van der Waals surface area (Å²) >= 11 is 1.59. The summed E-state index contributed by atoms with van der Waals surface area (Å²) in [6.07, 6.45) is 9.42. The third-order valence-electron chi connectivity index (χ3n) is 10.3. The highest BCUT2D eigenvalue weighted by Gasteiger charge is 2.74. The molecule has 1 N–H and O–H groups in total. The van der Waals surface area contributed by atoms with Crippen molar-refractivity contribution in [3.05, 3.63) is 84.5 Å². The van der Waals surface area contributed by atoms with Crippen molar-refractivity contribution in [2.45, 2.75) is 62.1 Å². The van der Waals surface area contributed by atoms with E-state index in [4.69, 9.17) is 0 Å². The van der Waals surface area contributed by atoms with Crippen LogP contribution in [0.4, 0.5) is 11.4 Å². The topological polar surface area (TPSA) is 84.4 Å². The van der Waals surface area contributed by atoms with E-state index in [0.717, 1.165) is 36.4 Å². The second-order valence-corrected chi connectivity index (χ2v) is 14.8. The Morgan fingerprint density at radius 2 is 1.59 bits per heavy atom. The van der Waals surface area contributed by atoms with Crippen LogP contribution in [0.2, 0.25) is 0 Å². The van der Waals surface area contributed by atoms with Crippen LogP contribution in [0.15, 0.2) is 78.9 Å². The largest absolute Gasteiger partial charge is 0.394 e. The number of nitrogens with zero attached hydrogens (tertiary/aromatic N) is 4. The van der Waals surface area contributed by atoms with Crippen molar-refractivity contribution in [1.29, 1.82) is 0 Å². The number of carbonyl (C=O) groups excluding carboxylic acids is 3. The first-order valence-corrected chi connectivity index (χ1v) is 17.5. The van der Waals surface area contributed by atoms with Gasteiger partial charge in [0.05, 0.1) is 29.2 Å². The van der Waals surface area contributed by atoms with Crippen LogP contribution in [0.3, 0.4) is 0 Å². The van der Waals surface area contributed by atoms with E-state index in [1.54, 1.807) is 21.6 Å². The fraction of sp³-hybridized carbons (Fsp3) is 0.486. The number of fused-ring (bicyclic) bond motifs is 2. The molecule has 4 aliphatic heterocycles. The van der Waals surface area contributed by atoms with Gasteiger partial charge in [-0.05, 0) is 63.4 Å². The number of hydrogen-bond acceptors (Lipinski definition) is 6. The maximum Gasteiger partial charge on any atom is 0.251 e. The number of amides is 3. The van der Waals surface area contributed by atoms with Crippen molar-refractivity contribution in [3.63, 3.8) is 0 Å². The molecule has 2 saturated heterocycles. The second kappa shape index (κ2) is 12.9. The summed E-state index contributed by atoms with van der Waals surface area (Å²) in [7, 11) is 0. The van der Waals surface area contributed by atoms with E-state index in [1.807, 2.05) is 78.6 Å². The van der Waals surface area contributed by atoms with Gasteiger partial charge >= 0.3 is 0 Å². The zero-order valence-electron chi connectivity index (χ0n) is 27.3. The van der Waals surface area contributed by atoms with Crippen LogP contribution in [-0.4, -0.2) is 93.5 Å². The quantitative estimate of drug-likeness (QED) is 0.384. The van der Waals surface area contributed by atoms with Crippen LogP contribution in [-0.2, 0) is 20.8 Å². The number of likely N-dealkylation sites (tertiary alicyclic amines) is 1. The molecule has 2 aromatic rings. The van der Waals surface area contributed by atoms with E-state index in [9.17, 15) is 14.7 Å². The summed E-state index contributed by atoms with van der Waals surface area (Å²) < 4.78 is -1.63. The molecule has 0 radical (unpaired) electrons. The molecular formula is C37H46N4O4S. The minimum atomic E-state index is -0.969. The highest BCUT2D eigenvalue weighted by molar-refractivity contribution is 8.02. The van der Waals surface area contributed by atoms with Gasteiger partial charge < -0.3 is 24.7 Å². The van der Waals surface area contributed by atoms with Crippen molar-refractivity contribution in [3.8, 4) is 0 Å². The van der Waals surface area contributed by atoms with Gasteiger partial charge in [-0.15, -0.1) is 11.8 Å². The summed E-state index contributed by atoms with van der Waals surface area (Å²) in [5.41, 5.74) is 2.82. The lowest BCUT2D eigenvalue weighted by atomic mass is 9.74. The van der Waals surface area contributed by atoms with E-state index in [-0.39, 0.29) is 24.3 Å². The van der Waals surface area contributed by atoms with Gasteiger partial charge in [-0.2, -0.15) is 0 Å². The summed E-state index contributed by atoms with van der Waals surface area (Å²) in [5, 5.41) is 10.8. The highest BCUT2D eigenvalue weighted by Crippen LogP contribution is 2.66. The Labute approximate surface area is 277 Å². The minimum Gasteiger partial charge on any atom is -0.394 e. The van der Waals surface area contributed by atoms with Crippen LogP contribution in [0.1, 0.15) is 39.7 Å². The average molecular weight is 643 g/mol.